The summed E-state index contributed by atoms with van der Waals surface area (Å²) in [5.41, 5.74) is -0.0201. The highest BCUT2D eigenvalue weighted by atomic mass is 19.2. The number of esters is 3. The number of allylic oxidation sites excluding steroid dienone is 3. The number of halogens is 3. The van der Waals surface area contributed by atoms with Crippen LogP contribution in [0.25, 0.3) is 6.08 Å². The zero-order chi connectivity index (χ0) is 25.4. The Bertz CT molecular complexity index is 1160. The van der Waals surface area contributed by atoms with Gasteiger partial charge in [-0.2, -0.15) is 0 Å². The molecule has 1 heterocycles. The number of aliphatic carboxylic acids is 1. The van der Waals surface area contributed by atoms with Crippen LogP contribution in [0.5, 0.6) is 0 Å². The Kier molecular flexibility index (Phi) is 8.79. The van der Waals surface area contributed by atoms with Crippen LogP contribution in [0, 0.1) is 23.4 Å². The van der Waals surface area contributed by atoms with Gasteiger partial charge in [0.15, 0.2) is 11.6 Å². The van der Waals surface area contributed by atoms with Crippen LogP contribution in [0.15, 0.2) is 53.8 Å². The van der Waals surface area contributed by atoms with E-state index in [2.05, 4.69) is 4.74 Å². The summed E-state index contributed by atoms with van der Waals surface area (Å²) in [7, 11) is 0. The maximum Gasteiger partial charge on any atom is 0.374 e. The van der Waals surface area contributed by atoms with Gasteiger partial charge in [-0.3, -0.25) is 14.4 Å². The fourth-order valence-corrected chi connectivity index (χ4v) is 2.63. The Morgan fingerprint density at radius 3 is 2.44 bits per heavy atom. The highest BCUT2D eigenvalue weighted by Gasteiger charge is 2.34. The van der Waals surface area contributed by atoms with Crippen molar-refractivity contribution < 1.29 is 56.8 Å². The van der Waals surface area contributed by atoms with E-state index in [9.17, 15) is 37.1 Å². The topological polar surface area (TPSA) is 144 Å². The van der Waals surface area contributed by atoms with E-state index in [1.807, 2.05) is 0 Å². The third-order valence-electron chi connectivity index (χ3n) is 4.15. The van der Waals surface area contributed by atoms with E-state index in [0.29, 0.717) is 23.8 Å². The number of rotatable bonds is 6. The number of carboxylic acid groups (broad SMARTS) is 1. The third kappa shape index (κ3) is 6.84. The Hall–Kier alpha value is -4.32. The monoisotopic (exact) mass is 480 g/mol. The number of Topliss-reactive ketones (excluding diaryl/α,β-unsaturated/α-hetero) is 1. The van der Waals surface area contributed by atoms with Gasteiger partial charge in [0, 0.05) is 23.3 Å². The Morgan fingerprint density at radius 2 is 1.82 bits per heavy atom. The molecule has 9 nitrogen and oxygen atoms in total. The standard InChI is InChI=1S/C19H11F3O5.C3H4O4/c20-11-7-10(18(22)14(21)8-11)5-6-16(23)27-17(24)9-15-12-3-1-2-4-13(12)19(25)26-15;4-1-2(5)3(6)7/h1-8,13H,9H2;4H,1H2,(H,6,7). The molecule has 12 heteroatoms. The van der Waals surface area contributed by atoms with E-state index in [0.717, 1.165) is 6.08 Å². The van der Waals surface area contributed by atoms with Gasteiger partial charge >= 0.3 is 23.9 Å². The normalized spacial score (nSPS) is 16.0. The van der Waals surface area contributed by atoms with E-state index >= 15 is 0 Å². The molecule has 0 saturated heterocycles. The lowest BCUT2D eigenvalue weighted by Crippen LogP contribution is -2.15. The van der Waals surface area contributed by atoms with Crippen molar-refractivity contribution in [3.05, 3.63) is 76.9 Å². The number of hydrogen-bond donors (Lipinski definition) is 2. The molecule has 0 spiro atoms. The van der Waals surface area contributed by atoms with E-state index < -0.39 is 71.6 Å². The van der Waals surface area contributed by atoms with Crippen LogP contribution in [-0.4, -0.2) is 46.5 Å². The molecule has 0 aromatic heterocycles. The maximum absolute atomic E-state index is 13.5. The van der Waals surface area contributed by atoms with Crippen LogP contribution in [0.1, 0.15) is 12.0 Å². The summed E-state index contributed by atoms with van der Waals surface area (Å²) in [5.74, 6) is -9.81. The number of cyclic esters (lactones) is 1. The molecular weight excluding hydrogens is 465 g/mol. The second-order valence-corrected chi connectivity index (χ2v) is 6.50. The first-order valence-corrected chi connectivity index (χ1v) is 9.27. The van der Waals surface area contributed by atoms with Crippen LogP contribution < -0.4 is 0 Å². The molecule has 2 aliphatic rings. The molecule has 1 aromatic rings. The van der Waals surface area contributed by atoms with Crippen LogP contribution in [0.2, 0.25) is 0 Å². The minimum absolute atomic E-state index is 0.0747. The van der Waals surface area contributed by atoms with Gasteiger partial charge < -0.3 is 19.7 Å². The van der Waals surface area contributed by atoms with Crippen LogP contribution in [0.4, 0.5) is 13.2 Å². The average Bonchev–Trinajstić information content (AvgIpc) is 3.10. The number of aliphatic hydroxyl groups excluding tert-OH is 1. The van der Waals surface area contributed by atoms with Gasteiger partial charge in [-0.25, -0.2) is 22.8 Å². The number of hydrogen-bond acceptors (Lipinski definition) is 8. The molecule has 178 valence electrons. The number of carbonyl (C=O) groups excluding carboxylic acids is 4. The van der Waals surface area contributed by atoms with Gasteiger partial charge in [0.25, 0.3) is 5.78 Å². The summed E-state index contributed by atoms with van der Waals surface area (Å²) in [6.07, 6.45) is 7.52. The fourth-order valence-electron chi connectivity index (χ4n) is 2.63. The first kappa shape index (κ1) is 25.9. The molecule has 3 rings (SSSR count). The van der Waals surface area contributed by atoms with Crippen molar-refractivity contribution >= 4 is 35.7 Å². The number of carboxylic acids is 1. The van der Waals surface area contributed by atoms with Gasteiger partial charge in [-0.05, 0) is 12.1 Å². The summed E-state index contributed by atoms with van der Waals surface area (Å²) in [6, 6.07) is 1.03. The first-order chi connectivity index (χ1) is 16.0. The molecule has 1 aliphatic carbocycles. The Morgan fingerprint density at radius 1 is 1.12 bits per heavy atom. The summed E-state index contributed by atoms with van der Waals surface area (Å²) in [6.45, 7) is -0.921. The molecular formula is C22H15F3O9. The lowest BCUT2D eigenvalue weighted by atomic mass is 9.95. The van der Waals surface area contributed by atoms with Crippen molar-refractivity contribution in [2.75, 3.05) is 6.61 Å². The molecule has 0 saturated carbocycles. The highest BCUT2D eigenvalue weighted by molar-refractivity contribution is 6.33. The lowest BCUT2D eigenvalue weighted by molar-refractivity contribution is -0.156. The lowest BCUT2D eigenvalue weighted by Gasteiger charge is -2.05. The molecule has 1 aliphatic heterocycles. The number of aliphatic hydroxyl groups is 1. The van der Waals surface area contributed by atoms with Crippen molar-refractivity contribution in [2.45, 2.75) is 6.42 Å². The van der Waals surface area contributed by atoms with E-state index in [4.69, 9.17) is 14.9 Å². The third-order valence-corrected chi connectivity index (χ3v) is 4.15. The largest absolute Gasteiger partial charge is 0.475 e. The van der Waals surface area contributed by atoms with Crippen LogP contribution >= 0.6 is 0 Å². The van der Waals surface area contributed by atoms with Crippen molar-refractivity contribution in [2.24, 2.45) is 5.92 Å². The van der Waals surface area contributed by atoms with E-state index in [-0.39, 0.29) is 5.76 Å². The van der Waals surface area contributed by atoms with Crippen molar-refractivity contribution in [1.82, 2.24) is 0 Å². The zero-order valence-electron chi connectivity index (χ0n) is 17.0. The molecule has 34 heavy (non-hydrogen) atoms. The molecule has 0 bridgehead atoms. The van der Waals surface area contributed by atoms with Gasteiger partial charge in [-0.15, -0.1) is 0 Å². The summed E-state index contributed by atoms with van der Waals surface area (Å²) in [4.78, 5) is 54.3. The fraction of sp³-hybridized carbons (Fsp3) is 0.136. The average molecular weight is 480 g/mol. The molecule has 2 N–H and O–H groups in total. The second kappa shape index (κ2) is 11.5. The van der Waals surface area contributed by atoms with Gasteiger partial charge in [-0.1, -0.05) is 24.3 Å². The molecule has 0 fully saturated rings. The molecule has 1 atom stereocenters. The van der Waals surface area contributed by atoms with Crippen molar-refractivity contribution in [3.63, 3.8) is 0 Å². The minimum atomic E-state index is -1.59. The summed E-state index contributed by atoms with van der Waals surface area (Å²) >= 11 is 0. The number of fused-ring (bicyclic) bond motifs is 1. The SMILES string of the molecule is O=C(C=Cc1cc(F)cc(F)c1F)OC(=O)CC1=C2C=CC=CC2C(=O)O1.O=C(O)C(=O)CO. The number of ketones is 1. The summed E-state index contributed by atoms with van der Waals surface area (Å²) in [5, 5.41) is 15.4. The van der Waals surface area contributed by atoms with Crippen molar-refractivity contribution in [3.8, 4) is 0 Å². The zero-order valence-corrected chi connectivity index (χ0v) is 17.0. The first-order valence-electron chi connectivity index (χ1n) is 9.27. The van der Waals surface area contributed by atoms with E-state index in [1.165, 1.54) is 0 Å². The molecule has 0 amide bonds. The maximum atomic E-state index is 13.5. The second-order valence-electron chi connectivity index (χ2n) is 6.50. The number of carbonyl (C=O) groups is 5. The molecule has 1 aromatic carbocycles. The highest BCUT2D eigenvalue weighted by Crippen LogP contribution is 2.33. The predicted molar refractivity (Wildman–Crippen MR) is 106 cm³/mol. The van der Waals surface area contributed by atoms with Crippen molar-refractivity contribution in [1.29, 1.82) is 0 Å². The smallest absolute Gasteiger partial charge is 0.374 e. The van der Waals surface area contributed by atoms with Crippen LogP contribution in [0.3, 0.4) is 0 Å². The van der Waals surface area contributed by atoms with Gasteiger partial charge in [0.05, 0.1) is 0 Å². The Balaban J connectivity index is 0.000000509. The number of ether oxygens (including phenoxy) is 2. The summed E-state index contributed by atoms with van der Waals surface area (Å²) < 4.78 is 49.2. The molecule has 1 unspecified atom stereocenters. The number of benzene rings is 1. The quantitative estimate of drug-likeness (QED) is 0.205. The Labute approximate surface area is 189 Å². The van der Waals surface area contributed by atoms with Crippen LogP contribution in [-0.2, 0) is 33.4 Å². The van der Waals surface area contributed by atoms with E-state index in [1.54, 1.807) is 24.3 Å². The molecule has 0 radical (unpaired) electrons. The minimum Gasteiger partial charge on any atom is -0.475 e. The van der Waals surface area contributed by atoms with Gasteiger partial charge in [0.2, 0.25) is 0 Å². The predicted octanol–water partition coefficient (Wildman–Crippen LogP) is 1.76. The van der Waals surface area contributed by atoms with Gasteiger partial charge in [0.1, 0.15) is 30.5 Å².